The maximum absolute atomic E-state index is 2.43. The third kappa shape index (κ3) is 3.52. The number of benzene rings is 2. The van der Waals surface area contributed by atoms with Crippen molar-refractivity contribution in [3.8, 4) is 0 Å². The first-order valence-corrected chi connectivity index (χ1v) is 9.50. The summed E-state index contributed by atoms with van der Waals surface area (Å²) in [4.78, 5) is 0. The summed E-state index contributed by atoms with van der Waals surface area (Å²) in [6.07, 6.45) is 9.50. The van der Waals surface area contributed by atoms with Crippen LogP contribution in [0.4, 0.5) is 0 Å². The molecule has 0 bridgehead atoms. The van der Waals surface area contributed by atoms with Gasteiger partial charge in [0, 0.05) is 0 Å². The Labute approximate surface area is 140 Å². The molecule has 2 aromatic carbocycles. The van der Waals surface area contributed by atoms with Gasteiger partial charge in [-0.1, -0.05) is 68.3 Å². The molecule has 0 nitrogen and oxygen atoms in total. The van der Waals surface area contributed by atoms with Gasteiger partial charge in [0.25, 0.3) is 0 Å². The van der Waals surface area contributed by atoms with Crippen molar-refractivity contribution >= 4 is 0 Å². The normalized spacial score (nSPS) is 18.8. The van der Waals surface area contributed by atoms with Gasteiger partial charge in [0.1, 0.15) is 0 Å². The highest BCUT2D eigenvalue weighted by Gasteiger charge is 2.30. The Balaban J connectivity index is 1.66. The van der Waals surface area contributed by atoms with Crippen molar-refractivity contribution < 1.29 is 0 Å². The van der Waals surface area contributed by atoms with Crippen LogP contribution >= 0.6 is 0 Å². The van der Waals surface area contributed by atoms with E-state index in [2.05, 4.69) is 55.5 Å². The molecular formula is C23H28. The van der Waals surface area contributed by atoms with E-state index in [0.717, 1.165) is 11.8 Å². The van der Waals surface area contributed by atoms with E-state index in [4.69, 9.17) is 0 Å². The molecule has 2 aliphatic carbocycles. The summed E-state index contributed by atoms with van der Waals surface area (Å²) in [5.41, 5.74) is 6.50. The largest absolute Gasteiger partial charge is 0.0622 e. The van der Waals surface area contributed by atoms with Crippen LogP contribution in [0.5, 0.6) is 0 Å². The lowest BCUT2D eigenvalue weighted by molar-refractivity contribution is 0.569. The summed E-state index contributed by atoms with van der Waals surface area (Å²) < 4.78 is 0. The first-order valence-electron chi connectivity index (χ1n) is 9.50. The molecule has 0 aliphatic heterocycles. The van der Waals surface area contributed by atoms with Crippen molar-refractivity contribution in [2.45, 2.75) is 63.7 Å². The van der Waals surface area contributed by atoms with Crippen LogP contribution in [-0.2, 0) is 12.8 Å². The third-order valence-corrected chi connectivity index (χ3v) is 5.70. The molecule has 1 atom stereocenters. The predicted molar refractivity (Wildman–Crippen MR) is 98.0 cm³/mol. The minimum atomic E-state index is 0.707. The summed E-state index contributed by atoms with van der Waals surface area (Å²) >= 11 is 0. The molecule has 0 aromatic heterocycles. The van der Waals surface area contributed by atoms with Gasteiger partial charge in [-0.2, -0.15) is 0 Å². The van der Waals surface area contributed by atoms with Gasteiger partial charge in [-0.25, -0.2) is 0 Å². The van der Waals surface area contributed by atoms with Crippen molar-refractivity contribution in [3.05, 3.63) is 70.8 Å². The lowest BCUT2D eigenvalue weighted by atomic mass is 9.82. The molecular weight excluding hydrogens is 276 g/mol. The van der Waals surface area contributed by atoms with Gasteiger partial charge < -0.3 is 0 Å². The smallest absolute Gasteiger partial charge is 0.0116 e. The van der Waals surface area contributed by atoms with E-state index in [1.165, 1.54) is 50.5 Å². The Bertz CT molecular complexity index is 647. The summed E-state index contributed by atoms with van der Waals surface area (Å²) in [6, 6.07) is 18.3. The van der Waals surface area contributed by atoms with Crippen LogP contribution in [0.25, 0.3) is 0 Å². The molecule has 1 unspecified atom stereocenters. The minimum absolute atomic E-state index is 0.707. The molecule has 0 heterocycles. The molecule has 0 heteroatoms. The second kappa shape index (κ2) is 6.51. The fraction of sp³-hybridized carbons (Fsp3) is 0.478. The fourth-order valence-electron chi connectivity index (χ4n) is 4.17. The quantitative estimate of drug-likeness (QED) is 0.567. The zero-order valence-electron chi connectivity index (χ0n) is 14.3. The fourth-order valence-corrected chi connectivity index (χ4v) is 4.17. The Morgan fingerprint density at radius 3 is 2.35 bits per heavy atom. The van der Waals surface area contributed by atoms with Gasteiger partial charge in [-0.3, -0.25) is 0 Å². The van der Waals surface area contributed by atoms with Crippen LogP contribution in [0.15, 0.2) is 48.5 Å². The zero-order valence-corrected chi connectivity index (χ0v) is 14.3. The lowest BCUT2D eigenvalue weighted by Gasteiger charge is -2.23. The van der Waals surface area contributed by atoms with Gasteiger partial charge in [-0.15, -0.1) is 0 Å². The maximum Gasteiger partial charge on any atom is -0.0116 e. The second-order valence-corrected chi connectivity index (χ2v) is 7.61. The summed E-state index contributed by atoms with van der Waals surface area (Å²) in [6.45, 7) is 2.35. The molecule has 2 aliphatic rings. The minimum Gasteiger partial charge on any atom is -0.0622 e. The zero-order chi connectivity index (χ0) is 15.6. The van der Waals surface area contributed by atoms with Gasteiger partial charge in [0.15, 0.2) is 0 Å². The van der Waals surface area contributed by atoms with Crippen molar-refractivity contribution in [2.75, 3.05) is 0 Å². The Hall–Kier alpha value is -1.56. The van der Waals surface area contributed by atoms with Gasteiger partial charge in [-0.05, 0) is 72.1 Å². The highest BCUT2D eigenvalue weighted by atomic mass is 14.4. The Kier molecular flexibility index (Phi) is 4.25. The molecule has 0 N–H and O–H groups in total. The number of hydrogen-bond donors (Lipinski definition) is 0. The Morgan fingerprint density at radius 1 is 0.913 bits per heavy atom. The van der Waals surface area contributed by atoms with Gasteiger partial charge >= 0.3 is 0 Å². The number of rotatable bonds is 7. The van der Waals surface area contributed by atoms with Gasteiger partial charge in [0.2, 0.25) is 0 Å². The number of hydrogen-bond acceptors (Lipinski definition) is 0. The molecule has 23 heavy (non-hydrogen) atoms. The molecule has 0 spiro atoms. The van der Waals surface area contributed by atoms with E-state index >= 15 is 0 Å². The first kappa shape index (κ1) is 15.0. The van der Waals surface area contributed by atoms with Gasteiger partial charge in [0.05, 0.1) is 0 Å². The van der Waals surface area contributed by atoms with E-state index in [1.807, 2.05) is 0 Å². The summed E-state index contributed by atoms with van der Waals surface area (Å²) in [5, 5.41) is 0. The molecule has 120 valence electrons. The summed E-state index contributed by atoms with van der Waals surface area (Å²) in [7, 11) is 0. The van der Waals surface area contributed by atoms with E-state index < -0.39 is 0 Å². The molecule has 0 radical (unpaired) electrons. The van der Waals surface area contributed by atoms with Crippen LogP contribution < -0.4 is 0 Å². The predicted octanol–water partition coefficient (Wildman–Crippen LogP) is 6.25. The molecule has 0 saturated heterocycles. The standard InChI is InChI=1S/C23H28/c1-2-21-22(19-13-14-19)9-6-10-23(21)20(16-18-11-12-18)15-17-7-4-3-5-8-17/h3-10,18-20H,2,11-16H2,1H3. The topological polar surface area (TPSA) is 0 Å². The van der Waals surface area contributed by atoms with Crippen molar-refractivity contribution in [1.29, 1.82) is 0 Å². The molecule has 4 rings (SSSR count). The van der Waals surface area contributed by atoms with Crippen LogP contribution in [0.1, 0.15) is 73.1 Å². The monoisotopic (exact) mass is 304 g/mol. The molecule has 2 saturated carbocycles. The van der Waals surface area contributed by atoms with Crippen molar-refractivity contribution in [3.63, 3.8) is 0 Å². The maximum atomic E-state index is 2.43. The van der Waals surface area contributed by atoms with Crippen LogP contribution in [-0.4, -0.2) is 0 Å². The molecule has 2 aromatic rings. The van der Waals surface area contributed by atoms with Crippen LogP contribution in [0.3, 0.4) is 0 Å². The average molecular weight is 304 g/mol. The van der Waals surface area contributed by atoms with Crippen molar-refractivity contribution in [2.24, 2.45) is 5.92 Å². The third-order valence-electron chi connectivity index (χ3n) is 5.70. The first-order chi connectivity index (χ1) is 11.3. The van der Waals surface area contributed by atoms with Crippen LogP contribution in [0.2, 0.25) is 0 Å². The van der Waals surface area contributed by atoms with E-state index in [0.29, 0.717) is 5.92 Å². The second-order valence-electron chi connectivity index (χ2n) is 7.61. The highest BCUT2D eigenvalue weighted by molar-refractivity contribution is 5.42. The lowest BCUT2D eigenvalue weighted by Crippen LogP contribution is -2.09. The SMILES string of the molecule is CCc1c(C2CC2)cccc1C(Cc1ccccc1)CC1CC1. The molecule has 2 fully saturated rings. The Morgan fingerprint density at radius 2 is 1.70 bits per heavy atom. The van der Waals surface area contributed by atoms with E-state index in [9.17, 15) is 0 Å². The van der Waals surface area contributed by atoms with Crippen molar-refractivity contribution in [1.82, 2.24) is 0 Å². The molecule has 0 amide bonds. The van der Waals surface area contributed by atoms with Crippen LogP contribution in [0, 0.1) is 5.92 Å². The summed E-state index contributed by atoms with van der Waals surface area (Å²) in [5.74, 6) is 2.56. The average Bonchev–Trinajstić information content (AvgIpc) is 3.48. The highest BCUT2D eigenvalue weighted by Crippen LogP contribution is 2.45. The van der Waals surface area contributed by atoms with E-state index in [1.54, 1.807) is 16.7 Å². The van der Waals surface area contributed by atoms with E-state index in [-0.39, 0.29) is 0 Å².